The topological polar surface area (TPSA) is 117 Å². The van der Waals surface area contributed by atoms with Gasteiger partial charge in [-0.1, -0.05) is 43.4 Å². The fourth-order valence-electron chi connectivity index (χ4n) is 4.50. The number of anilines is 2. The first-order chi connectivity index (χ1) is 18.7. The number of thiazole rings is 1. The summed E-state index contributed by atoms with van der Waals surface area (Å²) in [4.78, 5) is 44.4. The number of carbonyl (C=O) groups is 3. The van der Waals surface area contributed by atoms with Crippen LogP contribution in [-0.2, 0) is 10.0 Å². The molecular weight excluding hydrogens is 536 g/mol. The first-order valence-corrected chi connectivity index (χ1v) is 14.8. The number of imide groups is 1. The first-order valence-electron chi connectivity index (χ1n) is 12.5. The van der Waals surface area contributed by atoms with Crippen molar-refractivity contribution in [1.82, 2.24) is 9.29 Å². The number of amides is 3. The summed E-state index contributed by atoms with van der Waals surface area (Å²) < 4.78 is 28.5. The van der Waals surface area contributed by atoms with Crippen molar-refractivity contribution >= 4 is 60.1 Å². The van der Waals surface area contributed by atoms with E-state index in [0.29, 0.717) is 52.4 Å². The normalized spacial score (nSPS) is 13.4. The largest absolute Gasteiger partial charge is 0.298 e. The molecule has 0 unspecified atom stereocenters. The van der Waals surface area contributed by atoms with Crippen molar-refractivity contribution in [3.05, 3.63) is 83.4 Å². The maximum Gasteiger partial charge on any atom is 0.266 e. The lowest BCUT2D eigenvalue weighted by Crippen LogP contribution is -2.32. The molecule has 1 N–H and O–H groups in total. The molecular formula is C28H26N4O5S2. The molecule has 200 valence electrons. The molecule has 9 nitrogen and oxygen atoms in total. The fraction of sp³-hybridized carbons (Fsp3) is 0.214. The predicted molar refractivity (Wildman–Crippen MR) is 151 cm³/mol. The minimum absolute atomic E-state index is 0.187. The van der Waals surface area contributed by atoms with E-state index in [-0.39, 0.29) is 16.1 Å². The molecule has 0 atom stereocenters. The smallest absolute Gasteiger partial charge is 0.266 e. The van der Waals surface area contributed by atoms with Crippen molar-refractivity contribution in [3.63, 3.8) is 0 Å². The SMILES string of the molecule is CCCN(CCC)S(=O)(=O)c1ccc2nc(NC(=O)c3cccc(N4C(=O)c5ccccc5C4=O)c3)sc2c1. The zero-order valence-corrected chi connectivity index (χ0v) is 23.0. The lowest BCUT2D eigenvalue weighted by molar-refractivity contribution is 0.0924. The number of hydrogen-bond acceptors (Lipinski definition) is 7. The molecule has 0 aliphatic carbocycles. The van der Waals surface area contributed by atoms with E-state index >= 15 is 0 Å². The number of rotatable bonds is 9. The quantitative estimate of drug-likeness (QED) is 0.282. The van der Waals surface area contributed by atoms with Crippen LogP contribution in [0.4, 0.5) is 10.8 Å². The third-order valence-corrected chi connectivity index (χ3v) is 9.15. The van der Waals surface area contributed by atoms with Crippen LogP contribution in [0.5, 0.6) is 0 Å². The van der Waals surface area contributed by atoms with Gasteiger partial charge in [0.05, 0.1) is 31.9 Å². The van der Waals surface area contributed by atoms with E-state index in [9.17, 15) is 22.8 Å². The molecule has 39 heavy (non-hydrogen) atoms. The molecule has 1 aromatic heterocycles. The number of fused-ring (bicyclic) bond motifs is 2. The minimum atomic E-state index is -3.65. The Labute approximate surface area is 230 Å². The predicted octanol–water partition coefficient (Wildman–Crippen LogP) is 5.16. The van der Waals surface area contributed by atoms with Crippen LogP contribution >= 0.6 is 11.3 Å². The van der Waals surface area contributed by atoms with Gasteiger partial charge in [0.1, 0.15) is 0 Å². The number of benzene rings is 3. The van der Waals surface area contributed by atoms with Gasteiger partial charge in [0, 0.05) is 18.7 Å². The van der Waals surface area contributed by atoms with Gasteiger partial charge in [-0.15, -0.1) is 0 Å². The summed E-state index contributed by atoms with van der Waals surface area (Å²) in [5.41, 5.74) is 1.73. The van der Waals surface area contributed by atoms with Crippen LogP contribution in [0.25, 0.3) is 10.2 Å². The lowest BCUT2D eigenvalue weighted by atomic mass is 10.1. The number of sulfonamides is 1. The highest BCUT2D eigenvalue weighted by Crippen LogP contribution is 2.31. The zero-order valence-electron chi connectivity index (χ0n) is 21.4. The molecule has 3 amide bonds. The lowest BCUT2D eigenvalue weighted by Gasteiger charge is -2.20. The van der Waals surface area contributed by atoms with Crippen molar-refractivity contribution in [2.24, 2.45) is 0 Å². The Morgan fingerprint density at radius 1 is 0.923 bits per heavy atom. The van der Waals surface area contributed by atoms with E-state index in [4.69, 9.17) is 0 Å². The summed E-state index contributed by atoms with van der Waals surface area (Å²) in [6, 6.07) is 17.6. The van der Waals surface area contributed by atoms with Crippen molar-refractivity contribution in [2.45, 2.75) is 31.6 Å². The monoisotopic (exact) mass is 562 g/mol. The second-order valence-electron chi connectivity index (χ2n) is 9.05. The number of nitrogens with zero attached hydrogens (tertiary/aromatic N) is 3. The van der Waals surface area contributed by atoms with Crippen LogP contribution in [0.15, 0.2) is 71.6 Å². The molecule has 2 heterocycles. The summed E-state index contributed by atoms with van der Waals surface area (Å²) >= 11 is 1.17. The molecule has 4 aromatic rings. The maximum atomic E-state index is 13.2. The number of carbonyl (C=O) groups excluding carboxylic acids is 3. The third-order valence-electron chi connectivity index (χ3n) is 6.32. The summed E-state index contributed by atoms with van der Waals surface area (Å²) in [5.74, 6) is -1.36. The third kappa shape index (κ3) is 4.96. The van der Waals surface area contributed by atoms with E-state index in [1.54, 1.807) is 54.6 Å². The number of hydrogen-bond donors (Lipinski definition) is 1. The van der Waals surface area contributed by atoms with E-state index in [2.05, 4.69) is 10.3 Å². The van der Waals surface area contributed by atoms with Crippen LogP contribution in [0, 0.1) is 0 Å². The van der Waals surface area contributed by atoms with Gasteiger partial charge in [-0.25, -0.2) is 18.3 Å². The van der Waals surface area contributed by atoms with E-state index in [1.807, 2.05) is 13.8 Å². The molecule has 0 radical (unpaired) electrons. The van der Waals surface area contributed by atoms with Crippen molar-refractivity contribution < 1.29 is 22.8 Å². The van der Waals surface area contributed by atoms with Gasteiger partial charge >= 0.3 is 0 Å². The molecule has 0 bridgehead atoms. The Bertz CT molecular complexity index is 1670. The highest BCUT2D eigenvalue weighted by atomic mass is 32.2. The van der Waals surface area contributed by atoms with Crippen molar-refractivity contribution in [1.29, 1.82) is 0 Å². The van der Waals surface area contributed by atoms with Crippen LogP contribution in [0.1, 0.15) is 57.8 Å². The summed E-state index contributed by atoms with van der Waals surface area (Å²) in [6.45, 7) is 4.76. The van der Waals surface area contributed by atoms with Gasteiger partial charge in [0.15, 0.2) is 5.13 Å². The standard InChI is InChI=1S/C28H26N4O5S2/c1-3-14-31(15-4-2)39(36,37)20-12-13-23-24(17-20)38-28(29-23)30-25(33)18-8-7-9-19(16-18)32-26(34)21-10-5-6-11-22(21)27(32)35/h5-13,16-17H,3-4,14-15H2,1-2H3,(H,29,30,33). The molecule has 3 aromatic carbocycles. The Morgan fingerprint density at radius 2 is 1.59 bits per heavy atom. The highest BCUT2D eigenvalue weighted by Gasteiger charge is 2.36. The highest BCUT2D eigenvalue weighted by molar-refractivity contribution is 7.89. The minimum Gasteiger partial charge on any atom is -0.298 e. The second-order valence-corrected chi connectivity index (χ2v) is 12.0. The molecule has 1 aliphatic rings. The van der Waals surface area contributed by atoms with E-state index < -0.39 is 27.7 Å². The van der Waals surface area contributed by atoms with Crippen LogP contribution < -0.4 is 10.2 Å². The summed E-state index contributed by atoms with van der Waals surface area (Å²) in [6.07, 6.45) is 1.43. The zero-order chi connectivity index (χ0) is 27.7. The van der Waals surface area contributed by atoms with Gasteiger partial charge in [-0.3, -0.25) is 19.7 Å². The second kappa shape index (κ2) is 10.7. The Balaban J connectivity index is 1.37. The Hall–Kier alpha value is -3.93. The van der Waals surface area contributed by atoms with Gasteiger partial charge in [0.2, 0.25) is 10.0 Å². The maximum absolute atomic E-state index is 13.2. The van der Waals surface area contributed by atoms with E-state index in [0.717, 1.165) is 4.90 Å². The van der Waals surface area contributed by atoms with E-state index in [1.165, 1.54) is 27.8 Å². The molecule has 11 heteroatoms. The average Bonchev–Trinajstić information content (AvgIpc) is 3.45. The molecule has 0 spiro atoms. The number of nitrogens with one attached hydrogen (secondary N) is 1. The molecule has 5 rings (SSSR count). The van der Waals surface area contributed by atoms with Gasteiger partial charge in [-0.05, 0) is 61.4 Å². The molecule has 0 saturated heterocycles. The van der Waals surface area contributed by atoms with Crippen LogP contribution in [0.3, 0.4) is 0 Å². The first kappa shape index (κ1) is 26.7. The molecule has 0 fully saturated rings. The Morgan fingerprint density at radius 3 is 2.23 bits per heavy atom. The fourth-order valence-corrected chi connectivity index (χ4v) is 7.12. The Kier molecular flexibility index (Phi) is 7.30. The number of aromatic nitrogens is 1. The summed E-state index contributed by atoms with van der Waals surface area (Å²) in [5, 5.41) is 3.05. The average molecular weight is 563 g/mol. The van der Waals surface area contributed by atoms with Crippen LogP contribution in [0.2, 0.25) is 0 Å². The molecule has 0 saturated carbocycles. The molecule has 1 aliphatic heterocycles. The van der Waals surface area contributed by atoms with Crippen LogP contribution in [-0.4, -0.2) is 48.5 Å². The van der Waals surface area contributed by atoms with Crippen molar-refractivity contribution in [3.8, 4) is 0 Å². The summed E-state index contributed by atoms with van der Waals surface area (Å²) in [7, 11) is -3.65. The van der Waals surface area contributed by atoms with Gasteiger partial charge < -0.3 is 0 Å². The van der Waals surface area contributed by atoms with Gasteiger partial charge in [-0.2, -0.15) is 4.31 Å². The van der Waals surface area contributed by atoms with Crippen molar-refractivity contribution in [2.75, 3.05) is 23.3 Å². The van der Waals surface area contributed by atoms with Gasteiger partial charge in [0.25, 0.3) is 17.7 Å².